The average Bonchev–Trinajstić information content (AvgIpc) is 2.78. The Morgan fingerprint density at radius 2 is 2.29 bits per heavy atom. The molecule has 6 heteroatoms. The van der Waals surface area contributed by atoms with Gasteiger partial charge in [0.25, 0.3) is 0 Å². The molecule has 0 bridgehead atoms. The van der Waals surface area contributed by atoms with Gasteiger partial charge in [0, 0.05) is 18.4 Å². The number of nitrogens with two attached hydrogens (primary N) is 1. The molecule has 17 heavy (non-hydrogen) atoms. The summed E-state index contributed by atoms with van der Waals surface area (Å²) in [6.07, 6.45) is 3.01. The summed E-state index contributed by atoms with van der Waals surface area (Å²) in [5.74, 6) is -1.46. The first kappa shape index (κ1) is 11.4. The van der Waals surface area contributed by atoms with Gasteiger partial charge in [0.05, 0.1) is 0 Å². The smallest absolute Gasteiger partial charge is 0.354 e. The van der Waals surface area contributed by atoms with Crippen LogP contribution in [0.4, 0.5) is 5.69 Å². The molecule has 2 heterocycles. The Bertz CT molecular complexity index is 461. The van der Waals surface area contributed by atoms with Crippen molar-refractivity contribution in [2.75, 3.05) is 11.4 Å². The molecule has 1 aliphatic rings. The lowest BCUT2D eigenvalue weighted by molar-refractivity contribution is -0.119. The number of nitrogens with zero attached hydrogens (tertiary/aromatic N) is 2. The van der Waals surface area contributed by atoms with E-state index >= 15 is 0 Å². The molecule has 1 aromatic heterocycles. The van der Waals surface area contributed by atoms with Crippen molar-refractivity contribution < 1.29 is 14.7 Å². The predicted molar refractivity (Wildman–Crippen MR) is 60.8 cm³/mol. The number of carbonyl (C=O) groups excluding carboxylic acids is 1. The van der Waals surface area contributed by atoms with Gasteiger partial charge >= 0.3 is 5.97 Å². The summed E-state index contributed by atoms with van der Waals surface area (Å²) in [7, 11) is 0. The summed E-state index contributed by atoms with van der Waals surface area (Å²) in [4.78, 5) is 27.6. The second kappa shape index (κ2) is 4.40. The Morgan fingerprint density at radius 1 is 1.53 bits per heavy atom. The highest BCUT2D eigenvalue weighted by atomic mass is 16.4. The van der Waals surface area contributed by atoms with E-state index in [0.29, 0.717) is 18.7 Å². The molecule has 3 N–H and O–H groups in total. The molecular weight excluding hydrogens is 222 g/mol. The van der Waals surface area contributed by atoms with Crippen molar-refractivity contribution in [3.63, 3.8) is 0 Å². The molecule has 1 saturated heterocycles. The van der Waals surface area contributed by atoms with Crippen LogP contribution in [-0.2, 0) is 4.79 Å². The number of anilines is 1. The van der Waals surface area contributed by atoms with Gasteiger partial charge in [0.1, 0.15) is 11.7 Å². The monoisotopic (exact) mass is 235 g/mol. The largest absolute Gasteiger partial charge is 0.477 e. The number of carboxylic acids is 1. The van der Waals surface area contributed by atoms with E-state index in [9.17, 15) is 9.59 Å². The lowest BCUT2D eigenvalue weighted by Crippen LogP contribution is -2.40. The quantitative estimate of drug-likeness (QED) is 0.781. The number of rotatable bonds is 3. The number of carboxylic acid groups (broad SMARTS) is 1. The molecule has 1 amide bonds. The standard InChI is InChI=1S/C11H13N3O3/c12-10(15)9-2-1-5-14(9)7-3-4-13-8(6-7)11(16)17/h3-4,6,9H,1-2,5H2,(H2,12,15)(H,16,17). The SMILES string of the molecule is NC(=O)C1CCCN1c1ccnc(C(=O)O)c1. The fraction of sp³-hybridized carbons (Fsp3) is 0.364. The van der Waals surface area contributed by atoms with Gasteiger partial charge in [-0.05, 0) is 25.0 Å². The first-order chi connectivity index (χ1) is 8.09. The molecule has 6 nitrogen and oxygen atoms in total. The number of aromatic carboxylic acids is 1. The van der Waals surface area contributed by atoms with Gasteiger partial charge in [-0.1, -0.05) is 0 Å². The fourth-order valence-electron chi connectivity index (χ4n) is 2.09. The molecule has 1 unspecified atom stereocenters. The number of amides is 1. The summed E-state index contributed by atoms with van der Waals surface area (Å²) < 4.78 is 0. The predicted octanol–water partition coefficient (Wildman–Crippen LogP) is 0.234. The van der Waals surface area contributed by atoms with Crippen LogP contribution in [-0.4, -0.2) is 34.6 Å². The lowest BCUT2D eigenvalue weighted by Gasteiger charge is -2.24. The minimum Gasteiger partial charge on any atom is -0.477 e. The van der Waals surface area contributed by atoms with Crippen LogP contribution in [0.15, 0.2) is 18.3 Å². The third kappa shape index (κ3) is 2.20. The van der Waals surface area contributed by atoms with Crippen molar-refractivity contribution in [3.8, 4) is 0 Å². The topological polar surface area (TPSA) is 96.5 Å². The van der Waals surface area contributed by atoms with Crippen LogP contribution in [0.2, 0.25) is 0 Å². The maximum atomic E-state index is 11.3. The van der Waals surface area contributed by atoms with E-state index in [1.54, 1.807) is 6.07 Å². The third-order valence-electron chi connectivity index (χ3n) is 2.88. The summed E-state index contributed by atoms with van der Waals surface area (Å²) in [6.45, 7) is 0.705. The highest BCUT2D eigenvalue weighted by Crippen LogP contribution is 2.25. The van der Waals surface area contributed by atoms with Crippen LogP contribution < -0.4 is 10.6 Å². The molecule has 0 aromatic carbocycles. The van der Waals surface area contributed by atoms with Crippen molar-refractivity contribution in [2.24, 2.45) is 5.73 Å². The number of hydrogen-bond acceptors (Lipinski definition) is 4. The molecule has 1 aromatic rings. The van der Waals surface area contributed by atoms with E-state index in [4.69, 9.17) is 10.8 Å². The second-order valence-corrected chi connectivity index (χ2v) is 3.96. The molecule has 0 saturated carbocycles. The maximum absolute atomic E-state index is 11.3. The molecule has 2 rings (SSSR count). The Labute approximate surface area is 98.1 Å². The van der Waals surface area contributed by atoms with Gasteiger partial charge in [-0.25, -0.2) is 9.78 Å². The van der Waals surface area contributed by atoms with E-state index < -0.39 is 5.97 Å². The maximum Gasteiger partial charge on any atom is 0.354 e. The van der Waals surface area contributed by atoms with Gasteiger partial charge in [-0.3, -0.25) is 4.79 Å². The fourth-order valence-corrected chi connectivity index (χ4v) is 2.09. The molecule has 0 aliphatic carbocycles. The first-order valence-electron chi connectivity index (χ1n) is 5.35. The second-order valence-electron chi connectivity index (χ2n) is 3.96. The van der Waals surface area contributed by atoms with Crippen LogP contribution in [0, 0.1) is 0 Å². The van der Waals surface area contributed by atoms with Crippen LogP contribution >= 0.6 is 0 Å². The zero-order valence-electron chi connectivity index (χ0n) is 9.17. The zero-order valence-corrected chi connectivity index (χ0v) is 9.17. The van der Waals surface area contributed by atoms with Crippen molar-refractivity contribution >= 4 is 17.6 Å². The van der Waals surface area contributed by atoms with E-state index in [2.05, 4.69) is 4.98 Å². The molecule has 1 aliphatic heterocycles. The van der Waals surface area contributed by atoms with Crippen molar-refractivity contribution in [3.05, 3.63) is 24.0 Å². The molecule has 1 fully saturated rings. The summed E-state index contributed by atoms with van der Waals surface area (Å²) in [5, 5.41) is 8.85. The van der Waals surface area contributed by atoms with Crippen LogP contribution in [0.25, 0.3) is 0 Å². The third-order valence-corrected chi connectivity index (χ3v) is 2.88. The zero-order chi connectivity index (χ0) is 12.4. The number of hydrogen-bond donors (Lipinski definition) is 2. The van der Waals surface area contributed by atoms with Gasteiger partial charge in [-0.15, -0.1) is 0 Å². The van der Waals surface area contributed by atoms with Crippen LogP contribution in [0.3, 0.4) is 0 Å². The molecular formula is C11H13N3O3. The summed E-state index contributed by atoms with van der Waals surface area (Å²) in [6, 6.07) is 2.80. The van der Waals surface area contributed by atoms with Crippen molar-refractivity contribution in [1.82, 2.24) is 4.98 Å². The summed E-state index contributed by atoms with van der Waals surface area (Å²) >= 11 is 0. The Hall–Kier alpha value is -2.11. The molecule has 0 radical (unpaired) electrons. The minimum absolute atomic E-state index is 0.0300. The highest BCUT2D eigenvalue weighted by molar-refractivity contribution is 5.88. The molecule has 0 spiro atoms. The van der Waals surface area contributed by atoms with E-state index in [0.717, 1.165) is 6.42 Å². The number of aromatic nitrogens is 1. The van der Waals surface area contributed by atoms with Gasteiger partial charge < -0.3 is 15.7 Å². The molecule has 90 valence electrons. The van der Waals surface area contributed by atoms with Gasteiger partial charge in [0.2, 0.25) is 5.91 Å². The van der Waals surface area contributed by atoms with Crippen LogP contribution in [0.1, 0.15) is 23.3 Å². The normalized spacial score (nSPS) is 19.3. The van der Waals surface area contributed by atoms with Crippen LogP contribution in [0.5, 0.6) is 0 Å². The lowest BCUT2D eigenvalue weighted by atomic mass is 10.2. The number of pyridine rings is 1. The number of primary amides is 1. The number of carbonyl (C=O) groups is 2. The highest BCUT2D eigenvalue weighted by Gasteiger charge is 2.29. The Kier molecular flexibility index (Phi) is 2.95. The van der Waals surface area contributed by atoms with Gasteiger partial charge in [0.15, 0.2) is 0 Å². The van der Waals surface area contributed by atoms with E-state index in [-0.39, 0.29) is 17.6 Å². The average molecular weight is 235 g/mol. The minimum atomic E-state index is -1.08. The Morgan fingerprint density at radius 3 is 2.94 bits per heavy atom. The summed E-state index contributed by atoms with van der Waals surface area (Å²) in [5.41, 5.74) is 5.96. The van der Waals surface area contributed by atoms with Crippen molar-refractivity contribution in [2.45, 2.75) is 18.9 Å². The first-order valence-corrected chi connectivity index (χ1v) is 5.35. The van der Waals surface area contributed by atoms with Gasteiger partial charge in [-0.2, -0.15) is 0 Å². The Balaban J connectivity index is 2.30. The van der Waals surface area contributed by atoms with E-state index in [1.165, 1.54) is 12.3 Å². The van der Waals surface area contributed by atoms with Crippen molar-refractivity contribution in [1.29, 1.82) is 0 Å². The van der Waals surface area contributed by atoms with E-state index in [1.807, 2.05) is 4.90 Å². The molecule has 1 atom stereocenters.